The van der Waals surface area contributed by atoms with Gasteiger partial charge in [0, 0.05) is 106 Å². The topological polar surface area (TPSA) is 113 Å². The third kappa shape index (κ3) is 9.48. The van der Waals surface area contributed by atoms with E-state index in [0.717, 1.165) is 61.0 Å². The first kappa shape index (κ1) is 51.3. The Morgan fingerprint density at radius 3 is 0.940 bits per heavy atom. The number of aliphatic hydroxyl groups excluding tert-OH is 2. The SMILES string of the molecule is OC(COC(Cn1c2ccccc2c2ccccc21)Cn1c2ccccc2c2ccccc21)CN(CC(O)COC(Cn1c2ccccc2c2ccccc21)Cn1c2ccccc2c2ccccc21)c1ccc2nn(-c3ccccc3)nc2c1. The van der Waals surface area contributed by atoms with Gasteiger partial charge in [0.2, 0.25) is 0 Å². The van der Waals surface area contributed by atoms with Crippen LogP contribution in [0, 0.1) is 0 Å². The maximum Gasteiger partial charge on any atom is 0.115 e. The molecule has 0 aliphatic rings. The lowest BCUT2D eigenvalue weighted by Crippen LogP contribution is -2.42. The van der Waals surface area contributed by atoms with Gasteiger partial charge < -0.3 is 42.9 Å². The van der Waals surface area contributed by atoms with E-state index >= 15 is 0 Å². The minimum Gasteiger partial charge on any atom is -0.389 e. The Bertz CT molecular complexity index is 4170. The fraction of sp³-hybridized carbons (Fsp3) is 0.167. The summed E-state index contributed by atoms with van der Waals surface area (Å²) in [6.07, 6.45) is -2.66. The van der Waals surface area contributed by atoms with Gasteiger partial charge in [0.25, 0.3) is 0 Å². The second-order valence-electron chi connectivity index (χ2n) is 22.2. The molecule has 12 nitrogen and oxygen atoms in total. The molecule has 0 fully saturated rings. The van der Waals surface area contributed by atoms with Crippen molar-refractivity contribution in [1.82, 2.24) is 33.3 Å². The van der Waals surface area contributed by atoms with Crippen molar-refractivity contribution in [1.29, 1.82) is 0 Å². The normalized spacial score (nSPS) is 13.0. The standard InChI is InChI=1S/C72H62N8O4/c81-51(47-83-53(43-76-65-30-12-4-22-55(65)56-23-5-13-31-66(56)76)44-77-67-32-14-6-24-57(67)58-25-7-15-33-68(58)77)41-75(50-38-39-63-64(40-50)74-80(73-63)49-20-2-1-3-21-49)42-52(82)48-84-54(45-78-69-34-16-8-26-59(69)60-27-9-17-35-70(60)78)46-79-71-36-18-10-28-61(71)62-29-11-19-37-72(62)79/h1-40,51-54,81-82H,41-48H2. The number of aromatic nitrogens is 7. The van der Waals surface area contributed by atoms with E-state index in [-0.39, 0.29) is 38.5 Å². The van der Waals surface area contributed by atoms with E-state index in [9.17, 15) is 10.2 Å². The van der Waals surface area contributed by atoms with Crippen molar-refractivity contribution in [3.05, 3.63) is 243 Å². The number of ether oxygens (including phenoxy) is 2. The molecule has 5 heterocycles. The average molecular weight is 1100 g/mol. The Labute approximate surface area is 484 Å². The highest BCUT2D eigenvalue weighted by Crippen LogP contribution is 2.35. The number of fused-ring (bicyclic) bond motifs is 13. The number of nitrogens with zero attached hydrogens (tertiary/aromatic N) is 8. The Morgan fingerprint density at radius 1 is 0.333 bits per heavy atom. The molecule has 0 saturated heterocycles. The van der Waals surface area contributed by atoms with Gasteiger partial charge in [-0.05, 0) is 78.9 Å². The minimum absolute atomic E-state index is 0.0358. The summed E-state index contributed by atoms with van der Waals surface area (Å²) in [5.41, 5.74) is 12.1. The Morgan fingerprint density at radius 2 is 0.619 bits per heavy atom. The van der Waals surface area contributed by atoms with Crippen molar-refractivity contribution in [2.75, 3.05) is 31.2 Å². The first-order valence-corrected chi connectivity index (χ1v) is 29.1. The quantitative estimate of drug-likeness (QED) is 0.0782. The fourth-order valence-corrected chi connectivity index (χ4v) is 13.1. The van der Waals surface area contributed by atoms with Gasteiger partial charge in [-0.3, -0.25) is 0 Å². The van der Waals surface area contributed by atoms with E-state index in [4.69, 9.17) is 19.7 Å². The summed E-state index contributed by atoms with van der Waals surface area (Å²) in [4.78, 5) is 3.68. The molecule has 0 radical (unpaired) electrons. The Hall–Kier alpha value is -9.56. The lowest BCUT2D eigenvalue weighted by atomic mass is 10.2. The van der Waals surface area contributed by atoms with E-state index < -0.39 is 12.2 Å². The lowest BCUT2D eigenvalue weighted by Gasteiger charge is -2.31. The Balaban J connectivity index is 0.749. The molecule has 2 N–H and O–H groups in total. The van der Waals surface area contributed by atoms with E-state index in [1.165, 1.54) is 43.1 Å². The van der Waals surface area contributed by atoms with E-state index in [0.29, 0.717) is 31.7 Å². The van der Waals surface area contributed by atoms with E-state index in [2.05, 4.69) is 212 Å². The predicted molar refractivity (Wildman–Crippen MR) is 340 cm³/mol. The van der Waals surface area contributed by atoms with Crippen molar-refractivity contribution in [2.24, 2.45) is 0 Å². The number of benzene rings is 10. The molecule has 414 valence electrons. The summed E-state index contributed by atoms with van der Waals surface area (Å²) in [6, 6.07) is 84.3. The number of hydrogen-bond acceptors (Lipinski definition) is 7. The number of para-hydroxylation sites is 9. The Kier molecular flexibility index (Phi) is 13.4. The molecular weight excluding hydrogens is 1040 g/mol. The number of hydrogen-bond donors (Lipinski definition) is 2. The maximum absolute atomic E-state index is 12.5. The molecule has 10 aromatic carbocycles. The first-order valence-electron chi connectivity index (χ1n) is 29.1. The zero-order chi connectivity index (χ0) is 56.1. The third-order valence-electron chi connectivity index (χ3n) is 16.9. The van der Waals surface area contributed by atoms with E-state index in [1.807, 2.05) is 53.4 Å². The summed E-state index contributed by atoms with van der Waals surface area (Å²) in [5.74, 6) is 0. The van der Waals surface area contributed by atoms with Crippen molar-refractivity contribution >= 4 is 104 Å². The van der Waals surface area contributed by atoms with Crippen molar-refractivity contribution in [2.45, 2.75) is 50.6 Å². The van der Waals surface area contributed by atoms with Crippen LogP contribution in [0.4, 0.5) is 5.69 Å². The summed E-state index contributed by atoms with van der Waals surface area (Å²) < 4.78 is 23.6. The molecule has 2 atom stereocenters. The first-order chi connectivity index (χ1) is 41.5. The van der Waals surface area contributed by atoms with Crippen LogP contribution in [0.15, 0.2) is 243 Å². The van der Waals surface area contributed by atoms with Gasteiger partial charge in [-0.1, -0.05) is 164 Å². The van der Waals surface area contributed by atoms with Crippen LogP contribution in [-0.4, -0.2) is 94.2 Å². The van der Waals surface area contributed by atoms with Crippen LogP contribution < -0.4 is 4.90 Å². The van der Waals surface area contributed by atoms with Crippen LogP contribution in [0.2, 0.25) is 0 Å². The molecule has 0 spiro atoms. The highest BCUT2D eigenvalue weighted by Gasteiger charge is 2.26. The van der Waals surface area contributed by atoms with Crippen LogP contribution in [0.5, 0.6) is 0 Å². The monoisotopic (exact) mass is 1100 g/mol. The van der Waals surface area contributed by atoms with Gasteiger partial charge >= 0.3 is 0 Å². The highest BCUT2D eigenvalue weighted by atomic mass is 16.5. The fourth-order valence-electron chi connectivity index (χ4n) is 13.1. The smallest absolute Gasteiger partial charge is 0.115 e. The molecule has 0 saturated carbocycles. The molecule has 0 amide bonds. The van der Waals surface area contributed by atoms with Gasteiger partial charge in [0.1, 0.15) is 11.0 Å². The molecular formula is C72H62N8O4. The van der Waals surface area contributed by atoms with Crippen LogP contribution >= 0.6 is 0 Å². The zero-order valence-electron chi connectivity index (χ0n) is 46.3. The number of anilines is 1. The predicted octanol–water partition coefficient (Wildman–Crippen LogP) is 14.0. The molecule has 0 aliphatic heterocycles. The van der Waals surface area contributed by atoms with Gasteiger partial charge in [-0.2, -0.15) is 4.80 Å². The summed E-state index contributed by atoms with van der Waals surface area (Å²) in [5, 5.41) is 44.2. The molecule has 15 aromatic rings. The summed E-state index contributed by atoms with van der Waals surface area (Å²) >= 11 is 0. The maximum atomic E-state index is 12.5. The number of aliphatic hydroxyl groups is 2. The van der Waals surface area contributed by atoms with E-state index in [1.54, 1.807) is 4.80 Å². The highest BCUT2D eigenvalue weighted by molar-refractivity contribution is 6.10. The second kappa shape index (κ2) is 22.0. The van der Waals surface area contributed by atoms with Crippen LogP contribution in [-0.2, 0) is 35.7 Å². The molecule has 12 heteroatoms. The molecule has 5 aromatic heterocycles. The van der Waals surface area contributed by atoms with Crippen molar-refractivity contribution in [3.63, 3.8) is 0 Å². The van der Waals surface area contributed by atoms with Gasteiger partial charge in [0.05, 0.1) is 69.5 Å². The summed E-state index contributed by atoms with van der Waals surface area (Å²) in [6.45, 7) is 2.54. The molecule has 84 heavy (non-hydrogen) atoms. The van der Waals surface area contributed by atoms with Crippen LogP contribution in [0.1, 0.15) is 0 Å². The molecule has 0 bridgehead atoms. The third-order valence-corrected chi connectivity index (χ3v) is 16.9. The second-order valence-corrected chi connectivity index (χ2v) is 22.2. The van der Waals surface area contributed by atoms with Crippen LogP contribution in [0.25, 0.3) is 104 Å². The minimum atomic E-state index is -0.967. The van der Waals surface area contributed by atoms with Crippen molar-refractivity contribution < 1.29 is 19.7 Å². The molecule has 15 rings (SSSR count). The average Bonchev–Trinajstić information content (AvgIpc) is 3.34. The van der Waals surface area contributed by atoms with Gasteiger partial charge in [0.15, 0.2) is 0 Å². The number of rotatable bonds is 20. The largest absolute Gasteiger partial charge is 0.389 e. The van der Waals surface area contributed by atoms with Gasteiger partial charge in [-0.25, -0.2) is 0 Å². The summed E-state index contributed by atoms with van der Waals surface area (Å²) in [7, 11) is 0. The zero-order valence-corrected chi connectivity index (χ0v) is 46.3. The van der Waals surface area contributed by atoms with Crippen molar-refractivity contribution in [3.8, 4) is 5.69 Å². The van der Waals surface area contributed by atoms with Crippen LogP contribution in [0.3, 0.4) is 0 Å². The molecule has 0 aliphatic carbocycles. The lowest BCUT2D eigenvalue weighted by molar-refractivity contribution is -0.0251. The van der Waals surface area contributed by atoms with Gasteiger partial charge in [-0.15, -0.1) is 10.2 Å². The molecule has 2 unspecified atom stereocenters.